The van der Waals surface area contributed by atoms with Gasteiger partial charge in [-0.1, -0.05) is 54.6 Å². The van der Waals surface area contributed by atoms with E-state index in [0.717, 1.165) is 21.8 Å². The zero-order valence-electron chi connectivity index (χ0n) is 12.3. The lowest BCUT2D eigenvalue weighted by atomic mass is 9.82. The Hall–Kier alpha value is -3.30. The molecule has 0 bridgehead atoms. The highest BCUT2D eigenvalue weighted by Gasteiger charge is 2.40. The number of aromatic nitrogens is 1. The number of benzene rings is 2. The molecule has 0 saturated heterocycles. The molecule has 0 amide bonds. The van der Waals surface area contributed by atoms with Crippen LogP contribution in [0.2, 0.25) is 0 Å². The Morgan fingerprint density at radius 3 is 2.04 bits per heavy atom. The van der Waals surface area contributed by atoms with Gasteiger partial charge >= 0.3 is 0 Å². The largest absolute Gasteiger partial charge is 0.316 e. The van der Waals surface area contributed by atoms with Crippen molar-refractivity contribution < 1.29 is 0 Å². The van der Waals surface area contributed by atoms with Gasteiger partial charge in [-0.2, -0.15) is 10.5 Å². The zero-order chi connectivity index (χ0) is 15.9. The quantitative estimate of drug-likeness (QED) is 0.673. The van der Waals surface area contributed by atoms with Crippen LogP contribution in [0, 0.1) is 28.6 Å². The van der Waals surface area contributed by atoms with Crippen LogP contribution in [0.1, 0.15) is 0 Å². The minimum absolute atomic E-state index is 0.531. The molecule has 3 heteroatoms. The smallest absolute Gasteiger partial charge is 0.170 e. The average molecular weight is 295 g/mol. The molecule has 4 rings (SSSR count). The molecular formula is C20H13N3. The number of para-hydroxylation sites is 2. The number of hydrogen-bond acceptors (Lipinski definition) is 2. The summed E-state index contributed by atoms with van der Waals surface area (Å²) in [6.07, 6.45) is 7.31. The maximum absolute atomic E-state index is 10.0. The number of rotatable bonds is 1. The number of allylic oxidation sites excluding steroid dienone is 4. The van der Waals surface area contributed by atoms with Crippen LogP contribution in [0.4, 0.5) is 0 Å². The SMILES string of the molecule is N#CC1C=CC=CC1(C#N)n1c2ccccc2c2ccccc21. The van der Waals surface area contributed by atoms with E-state index in [2.05, 4.69) is 24.3 Å². The van der Waals surface area contributed by atoms with Crippen molar-refractivity contribution in [3.8, 4) is 12.1 Å². The number of nitrogens with zero attached hydrogens (tertiary/aromatic N) is 3. The maximum atomic E-state index is 10.0. The number of hydrogen-bond donors (Lipinski definition) is 0. The molecular weight excluding hydrogens is 282 g/mol. The molecule has 0 radical (unpaired) electrons. The van der Waals surface area contributed by atoms with Gasteiger partial charge in [0.25, 0.3) is 0 Å². The van der Waals surface area contributed by atoms with Crippen molar-refractivity contribution in [1.29, 1.82) is 10.5 Å². The van der Waals surface area contributed by atoms with Gasteiger partial charge in [0.2, 0.25) is 0 Å². The van der Waals surface area contributed by atoms with Crippen LogP contribution in [-0.4, -0.2) is 4.57 Å². The fourth-order valence-corrected chi connectivity index (χ4v) is 3.46. The molecule has 0 N–H and O–H groups in total. The molecule has 0 aliphatic heterocycles. The van der Waals surface area contributed by atoms with E-state index in [1.807, 2.05) is 59.2 Å². The second-order valence-corrected chi connectivity index (χ2v) is 5.66. The third kappa shape index (κ3) is 1.68. The summed E-state index contributed by atoms with van der Waals surface area (Å²) in [5.41, 5.74) is 0.901. The molecule has 23 heavy (non-hydrogen) atoms. The average Bonchev–Trinajstić information content (AvgIpc) is 2.96. The van der Waals surface area contributed by atoms with Crippen LogP contribution in [0.5, 0.6) is 0 Å². The summed E-state index contributed by atoms with van der Waals surface area (Å²) < 4.78 is 2.01. The standard InChI is InChI=1S/C20H13N3/c21-13-15-7-5-6-12-20(15,14-22)23-18-10-3-1-8-16(18)17-9-2-4-11-19(17)23/h1-12,15H. The zero-order valence-corrected chi connectivity index (χ0v) is 12.3. The number of nitriles is 2. The molecule has 0 saturated carbocycles. The van der Waals surface area contributed by atoms with Crippen molar-refractivity contribution in [2.45, 2.75) is 5.54 Å². The monoisotopic (exact) mass is 295 g/mol. The van der Waals surface area contributed by atoms with E-state index in [1.54, 1.807) is 6.08 Å². The van der Waals surface area contributed by atoms with Crippen molar-refractivity contribution in [1.82, 2.24) is 4.57 Å². The minimum Gasteiger partial charge on any atom is -0.316 e. The van der Waals surface area contributed by atoms with Crippen molar-refractivity contribution in [3.05, 3.63) is 72.8 Å². The van der Waals surface area contributed by atoms with E-state index < -0.39 is 11.5 Å². The highest BCUT2D eigenvalue weighted by atomic mass is 15.1. The third-order valence-electron chi connectivity index (χ3n) is 4.51. The van der Waals surface area contributed by atoms with E-state index in [4.69, 9.17) is 0 Å². The lowest BCUT2D eigenvalue weighted by Crippen LogP contribution is -2.37. The molecule has 2 atom stereocenters. The summed E-state index contributed by atoms with van der Waals surface area (Å²) in [6, 6.07) is 20.7. The molecule has 3 nitrogen and oxygen atoms in total. The lowest BCUT2D eigenvalue weighted by molar-refractivity contribution is 0.438. The van der Waals surface area contributed by atoms with E-state index >= 15 is 0 Å². The van der Waals surface area contributed by atoms with Gasteiger partial charge in [-0.15, -0.1) is 0 Å². The van der Waals surface area contributed by atoms with Gasteiger partial charge in [0.1, 0.15) is 5.92 Å². The van der Waals surface area contributed by atoms with Crippen LogP contribution >= 0.6 is 0 Å². The summed E-state index contributed by atoms with van der Waals surface area (Å²) in [6.45, 7) is 0. The summed E-state index contributed by atoms with van der Waals surface area (Å²) in [5.74, 6) is -0.531. The topological polar surface area (TPSA) is 52.5 Å². The highest BCUT2D eigenvalue weighted by Crippen LogP contribution is 2.40. The fourth-order valence-electron chi connectivity index (χ4n) is 3.46. The molecule has 0 spiro atoms. The van der Waals surface area contributed by atoms with Gasteiger partial charge in [0, 0.05) is 10.8 Å². The van der Waals surface area contributed by atoms with E-state index in [1.165, 1.54) is 0 Å². The summed E-state index contributed by atoms with van der Waals surface area (Å²) >= 11 is 0. The van der Waals surface area contributed by atoms with Crippen molar-refractivity contribution in [2.24, 2.45) is 5.92 Å². The Morgan fingerprint density at radius 1 is 0.870 bits per heavy atom. The van der Waals surface area contributed by atoms with Gasteiger partial charge in [-0.25, -0.2) is 0 Å². The molecule has 1 aliphatic rings. The summed E-state index contributed by atoms with van der Waals surface area (Å²) in [5, 5.41) is 21.8. The molecule has 0 fully saturated rings. The normalized spacial score (nSPS) is 23.0. The lowest BCUT2D eigenvalue weighted by Gasteiger charge is -2.31. The summed E-state index contributed by atoms with van der Waals surface area (Å²) in [7, 11) is 0. The first-order valence-electron chi connectivity index (χ1n) is 7.47. The van der Waals surface area contributed by atoms with Crippen LogP contribution < -0.4 is 0 Å². The van der Waals surface area contributed by atoms with E-state index in [0.29, 0.717) is 0 Å². The first-order chi connectivity index (χ1) is 11.3. The molecule has 1 aromatic heterocycles. The Morgan fingerprint density at radius 2 is 1.48 bits per heavy atom. The van der Waals surface area contributed by atoms with Gasteiger partial charge < -0.3 is 4.57 Å². The maximum Gasteiger partial charge on any atom is 0.170 e. The second-order valence-electron chi connectivity index (χ2n) is 5.66. The minimum atomic E-state index is -1.04. The summed E-state index contributed by atoms with van der Waals surface area (Å²) in [4.78, 5) is 0. The second kappa shape index (κ2) is 4.87. The number of fused-ring (bicyclic) bond motifs is 3. The van der Waals surface area contributed by atoms with E-state index in [-0.39, 0.29) is 0 Å². The van der Waals surface area contributed by atoms with Crippen LogP contribution in [0.3, 0.4) is 0 Å². The molecule has 108 valence electrons. The fraction of sp³-hybridized carbons (Fsp3) is 0.100. The van der Waals surface area contributed by atoms with Gasteiger partial charge in [0.05, 0.1) is 23.2 Å². The van der Waals surface area contributed by atoms with E-state index in [9.17, 15) is 10.5 Å². The predicted molar refractivity (Wildman–Crippen MR) is 90.4 cm³/mol. The Bertz CT molecular complexity index is 1000. The Labute approximate surface area is 134 Å². The molecule has 2 aromatic carbocycles. The van der Waals surface area contributed by atoms with Crippen molar-refractivity contribution in [3.63, 3.8) is 0 Å². The third-order valence-corrected chi connectivity index (χ3v) is 4.51. The van der Waals surface area contributed by atoms with Crippen molar-refractivity contribution in [2.75, 3.05) is 0 Å². The molecule has 3 aromatic rings. The first-order valence-corrected chi connectivity index (χ1v) is 7.47. The van der Waals surface area contributed by atoms with Gasteiger partial charge in [-0.3, -0.25) is 0 Å². The van der Waals surface area contributed by atoms with Gasteiger partial charge in [-0.05, 0) is 18.2 Å². The Kier molecular flexibility index (Phi) is 2.83. The van der Waals surface area contributed by atoms with Crippen LogP contribution in [0.25, 0.3) is 21.8 Å². The molecule has 1 heterocycles. The van der Waals surface area contributed by atoms with Gasteiger partial charge in [0.15, 0.2) is 5.54 Å². The Balaban J connectivity index is 2.20. The highest BCUT2D eigenvalue weighted by molar-refractivity contribution is 6.08. The van der Waals surface area contributed by atoms with Crippen molar-refractivity contribution >= 4 is 21.8 Å². The molecule has 2 unspecified atom stereocenters. The first kappa shape index (κ1) is 13.4. The molecule has 1 aliphatic carbocycles. The predicted octanol–water partition coefficient (Wildman–Crippen LogP) is 4.28. The van der Waals surface area contributed by atoms with Crippen LogP contribution in [0.15, 0.2) is 72.8 Å². The van der Waals surface area contributed by atoms with Crippen LogP contribution in [-0.2, 0) is 5.54 Å².